The van der Waals surface area contributed by atoms with Crippen molar-refractivity contribution in [2.24, 2.45) is 0 Å². The Morgan fingerprint density at radius 1 is 1.04 bits per heavy atom. The Bertz CT molecular complexity index is 666. The number of likely N-dealkylation sites (N-methyl/N-ethyl adjacent to an activating group) is 1. The molecule has 5 nitrogen and oxygen atoms in total. The zero-order valence-electron chi connectivity index (χ0n) is 13.2. The minimum atomic E-state index is -1.22. The van der Waals surface area contributed by atoms with Gasteiger partial charge in [0.15, 0.2) is 6.10 Å². The second-order valence-electron chi connectivity index (χ2n) is 5.46. The van der Waals surface area contributed by atoms with Crippen LogP contribution in [0.3, 0.4) is 0 Å². The number of nitrogens with zero attached hydrogens (tertiary/aromatic N) is 1. The predicted molar refractivity (Wildman–Crippen MR) is 88.9 cm³/mol. The van der Waals surface area contributed by atoms with Crippen LogP contribution in [0.2, 0.25) is 0 Å². The third kappa shape index (κ3) is 4.66. The highest BCUT2D eigenvalue weighted by Crippen LogP contribution is 2.16. The fourth-order valence-electron chi connectivity index (χ4n) is 2.04. The number of aliphatic hydroxyl groups is 1. The number of amides is 2. The molecule has 2 amide bonds. The summed E-state index contributed by atoms with van der Waals surface area (Å²) in [5.74, 6) is -0.477. The van der Waals surface area contributed by atoms with Crippen LogP contribution in [0, 0.1) is 0 Å². The summed E-state index contributed by atoms with van der Waals surface area (Å²) in [7, 11) is 3.42. The van der Waals surface area contributed by atoms with E-state index in [1.807, 2.05) is 6.07 Å². The summed E-state index contributed by atoms with van der Waals surface area (Å²) in [6.07, 6.45) is -0.903. The Labute approximate surface area is 135 Å². The molecule has 0 radical (unpaired) electrons. The highest BCUT2D eigenvalue weighted by Gasteiger charge is 2.17. The first kappa shape index (κ1) is 16.7. The van der Waals surface area contributed by atoms with Crippen LogP contribution in [0.4, 0.5) is 5.69 Å². The van der Waals surface area contributed by atoms with Gasteiger partial charge in [-0.25, -0.2) is 0 Å². The number of nitrogens with one attached hydrogen (secondary N) is 1. The fraction of sp³-hybridized carbons (Fsp3) is 0.222. The first-order valence-corrected chi connectivity index (χ1v) is 7.30. The molecule has 2 aromatic carbocycles. The molecule has 1 unspecified atom stereocenters. The molecule has 0 heterocycles. The van der Waals surface area contributed by atoms with E-state index in [9.17, 15) is 14.7 Å². The molecule has 1 atom stereocenters. The summed E-state index contributed by atoms with van der Waals surface area (Å²) in [5, 5.41) is 12.7. The number of hydrogen-bond donors (Lipinski definition) is 2. The second-order valence-corrected chi connectivity index (χ2v) is 5.46. The molecular formula is C18H20N2O3. The van der Waals surface area contributed by atoms with Crippen molar-refractivity contribution in [2.75, 3.05) is 19.4 Å². The molecule has 0 fully saturated rings. The maximum atomic E-state index is 12.0. The molecule has 0 spiro atoms. The van der Waals surface area contributed by atoms with Gasteiger partial charge in [-0.2, -0.15) is 0 Å². The molecule has 0 saturated carbocycles. The zero-order chi connectivity index (χ0) is 16.8. The number of rotatable bonds is 5. The minimum Gasteiger partial charge on any atom is -0.378 e. The smallest absolute Gasteiger partial charge is 0.257 e. The Balaban J connectivity index is 1.98. The van der Waals surface area contributed by atoms with Crippen molar-refractivity contribution in [1.82, 2.24) is 4.90 Å². The first-order valence-electron chi connectivity index (χ1n) is 7.30. The summed E-state index contributed by atoms with van der Waals surface area (Å²) in [6, 6.07) is 15.7. The van der Waals surface area contributed by atoms with Gasteiger partial charge in [-0.1, -0.05) is 42.5 Å². The lowest BCUT2D eigenvalue weighted by atomic mass is 10.1. The third-order valence-electron chi connectivity index (χ3n) is 3.44. The van der Waals surface area contributed by atoms with E-state index in [1.165, 1.54) is 4.90 Å². The summed E-state index contributed by atoms with van der Waals surface area (Å²) in [6.45, 7) is 0. The lowest BCUT2D eigenvalue weighted by Crippen LogP contribution is -2.23. The lowest BCUT2D eigenvalue weighted by Gasteiger charge is -2.13. The monoisotopic (exact) mass is 312 g/mol. The van der Waals surface area contributed by atoms with E-state index in [0.717, 1.165) is 5.56 Å². The van der Waals surface area contributed by atoms with Gasteiger partial charge < -0.3 is 15.3 Å². The molecule has 0 saturated heterocycles. The van der Waals surface area contributed by atoms with Crippen LogP contribution in [0.5, 0.6) is 0 Å². The van der Waals surface area contributed by atoms with Crippen molar-refractivity contribution in [3.63, 3.8) is 0 Å². The van der Waals surface area contributed by atoms with Crippen molar-refractivity contribution in [2.45, 2.75) is 12.5 Å². The van der Waals surface area contributed by atoms with Crippen LogP contribution >= 0.6 is 0 Å². The van der Waals surface area contributed by atoms with Gasteiger partial charge in [0.25, 0.3) is 5.91 Å². The molecule has 0 aromatic heterocycles. The van der Waals surface area contributed by atoms with Crippen molar-refractivity contribution < 1.29 is 14.7 Å². The van der Waals surface area contributed by atoms with Crippen LogP contribution in [0.15, 0.2) is 54.6 Å². The highest BCUT2D eigenvalue weighted by molar-refractivity contribution is 5.94. The van der Waals surface area contributed by atoms with E-state index in [2.05, 4.69) is 5.32 Å². The SMILES string of the molecule is CN(C)C(=O)Cc1ccc(NC(=O)C(O)c2ccccc2)cc1. The maximum absolute atomic E-state index is 12.0. The van der Waals surface area contributed by atoms with Crippen LogP contribution in [-0.4, -0.2) is 35.9 Å². The number of benzene rings is 2. The first-order chi connectivity index (χ1) is 11.0. The van der Waals surface area contributed by atoms with Crippen LogP contribution < -0.4 is 5.32 Å². The number of anilines is 1. The normalized spacial score (nSPS) is 11.6. The largest absolute Gasteiger partial charge is 0.378 e. The second kappa shape index (κ2) is 7.56. The molecule has 2 rings (SSSR count). The van der Waals surface area contributed by atoms with Crippen LogP contribution in [0.1, 0.15) is 17.2 Å². The fourth-order valence-corrected chi connectivity index (χ4v) is 2.04. The average molecular weight is 312 g/mol. The topological polar surface area (TPSA) is 69.6 Å². The van der Waals surface area contributed by atoms with E-state index >= 15 is 0 Å². The van der Waals surface area contributed by atoms with E-state index < -0.39 is 12.0 Å². The Morgan fingerprint density at radius 2 is 1.65 bits per heavy atom. The molecule has 23 heavy (non-hydrogen) atoms. The average Bonchev–Trinajstić information content (AvgIpc) is 2.56. The molecule has 0 aliphatic rings. The van der Waals surface area contributed by atoms with Gasteiger partial charge in [0.2, 0.25) is 5.91 Å². The predicted octanol–water partition coefficient (Wildman–Crippen LogP) is 1.99. The molecule has 2 N–H and O–H groups in total. The minimum absolute atomic E-state index is 0.0151. The molecule has 0 aliphatic heterocycles. The molecule has 5 heteroatoms. The Kier molecular flexibility index (Phi) is 5.49. The number of carbonyl (C=O) groups is 2. The van der Waals surface area contributed by atoms with Crippen molar-refractivity contribution in [1.29, 1.82) is 0 Å². The molecule has 2 aromatic rings. The van der Waals surface area contributed by atoms with Gasteiger partial charge in [0.05, 0.1) is 6.42 Å². The standard InChI is InChI=1S/C18H20N2O3/c1-20(2)16(21)12-13-8-10-15(11-9-13)19-18(23)17(22)14-6-4-3-5-7-14/h3-11,17,22H,12H2,1-2H3,(H,19,23). The van der Waals surface area contributed by atoms with Gasteiger partial charge >= 0.3 is 0 Å². The van der Waals surface area contributed by atoms with Gasteiger partial charge in [-0.05, 0) is 23.3 Å². The van der Waals surface area contributed by atoms with Gasteiger partial charge in [-0.3, -0.25) is 9.59 Å². The summed E-state index contributed by atoms with van der Waals surface area (Å²) >= 11 is 0. The highest BCUT2D eigenvalue weighted by atomic mass is 16.3. The van der Waals surface area contributed by atoms with E-state index in [0.29, 0.717) is 17.7 Å². The van der Waals surface area contributed by atoms with E-state index in [4.69, 9.17) is 0 Å². The molecular weight excluding hydrogens is 292 g/mol. The van der Waals surface area contributed by atoms with Gasteiger partial charge in [0.1, 0.15) is 0 Å². The third-order valence-corrected chi connectivity index (χ3v) is 3.44. The zero-order valence-corrected chi connectivity index (χ0v) is 13.2. The molecule has 120 valence electrons. The summed E-state index contributed by atoms with van der Waals surface area (Å²) in [4.78, 5) is 25.2. The number of hydrogen-bond acceptors (Lipinski definition) is 3. The van der Waals surface area contributed by atoms with Crippen LogP contribution in [0.25, 0.3) is 0 Å². The van der Waals surface area contributed by atoms with Crippen LogP contribution in [-0.2, 0) is 16.0 Å². The number of aliphatic hydroxyl groups excluding tert-OH is 1. The summed E-state index contributed by atoms with van der Waals surface area (Å²) < 4.78 is 0. The maximum Gasteiger partial charge on any atom is 0.257 e. The Hall–Kier alpha value is -2.66. The van der Waals surface area contributed by atoms with E-state index in [-0.39, 0.29) is 5.91 Å². The number of carbonyl (C=O) groups excluding carboxylic acids is 2. The Morgan fingerprint density at radius 3 is 2.22 bits per heavy atom. The summed E-state index contributed by atoms with van der Waals surface area (Å²) in [5.41, 5.74) is 1.98. The van der Waals surface area contributed by atoms with E-state index in [1.54, 1.807) is 62.6 Å². The van der Waals surface area contributed by atoms with Gasteiger partial charge in [0, 0.05) is 19.8 Å². The molecule has 0 bridgehead atoms. The molecule has 0 aliphatic carbocycles. The van der Waals surface area contributed by atoms with Crippen molar-refractivity contribution in [3.8, 4) is 0 Å². The van der Waals surface area contributed by atoms with Gasteiger partial charge in [-0.15, -0.1) is 0 Å². The lowest BCUT2D eigenvalue weighted by molar-refractivity contribution is -0.128. The quantitative estimate of drug-likeness (QED) is 0.887. The van der Waals surface area contributed by atoms with Crippen molar-refractivity contribution in [3.05, 3.63) is 65.7 Å². The van der Waals surface area contributed by atoms with Crippen molar-refractivity contribution >= 4 is 17.5 Å².